The van der Waals surface area contributed by atoms with Gasteiger partial charge in [0.15, 0.2) is 17.6 Å². The van der Waals surface area contributed by atoms with Crippen LogP contribution in [0.2, 0.25) is 10.0 Å². The van der Waals surface area contributed by atoms with E-state index in [1.807, 2.05) is 74.5 Å². The lowest BCUT2D eigenvalue weighted by Crippen LogP contribution is -2.59. The van der Waals surface area contributed by atoms with E-state index in [2.05, 4.69) is 10.3 Å². The van der Waals surface area contributed by atoms with Gasteiger partial charge in [0.05, 0.1) is 10.0 Å². The van der Waals surface area contributed by atoms with E-state index in [0.29, 0.717) is 50.6 Å². The van der Waals surface area contributed by atoms with E-state index in [0.717, 1.165) is 33.5 Å². The number of alkyl halides is 2. The zero-order chi connectivity index (χ0) is 43.7. The minimum atomic E-state index is -2.89. The van der Waals surface area contributed by atoms with Gasteiger partial charge in [-0.2, -0.15) is 0 Å². The molecule has 3 aliphatic rings. The molecule has 3 amide bonds. The van der Waals surface area contributed by atoms with E-state index in [-0.39, 0.29) is 39.1 Å². The van der Waals surface area contributed by atoms with Gasteiger partial charge < -0.3 is 34.4 Å². The number of aryl methyl sites for hydroxylation is 1. The molecule has 0 saturated carbocycles. The van der Waals surface area contributed by atoms with E-state index >= 15 is 0 Å². The molecule has 322 valence electrons. The summed E-state index contributed by atoms with van der Waals surface area (Å²) < 4.78 is 46.9. The molecule has 1 fully saturated rings. The van der Waals surface area contributed by atoms with E-state index in [1.54, 1.807) is 30.5 Å². The maximum absolute atomic E-state index is 14.2. The van der Waals surface area contributed by atoms with Gasteiger partial charge >= 0.3 is 12.0 Å². The van der Waals surface area contributed by atoms with Gasteiger partial charge in [-0.1, -0.05) is 65.7 Å². The Morgan fingerprint density at radius 2 is 1.63 bits per heavy atom. The first-order valence-electron chi connectivity index (χ1n) is 20.3. The maximum Gasteiger partial charge on any atom is 0.326 e. The standard InChI is InChI=1S/C47H44Cl2F2N4O7/c1-27-28(2)52-16-13-36(27)31-6-3-29(4-7-31)20-39(45(57)58)53-44(56)40-21-33-22-41-42(23-34(33)24-55(40)46(59)54-17-14-47(50,51)15-18-54)62-43(26-61-41)32-8-10-35(11-9-32)60-25-30-5-12-37(48)38(49)19-30/h3-13,16,19,22-23,39-40,43H,14-15,17-18,20-21,24-26H2,1-2H3,(H,53,56)(H,57,58)/t39-,40-,43+/m0/s1. The third-order valence-corrected chi connectivity index (χ3v) is 12.5. The fourth-order valence-electron chi connectivity index (χ4n) is 8.01. The predicted molar refractivity (Wildman–Crippen MR) is 229 cm³/mol. The molecule has 0 spiro atoms. The molecular weight excluding hydrogens is 841 g/mol. The van der Waals surface area contributed by atoms with Crippen molar-refractivity contribution in [1.29, 1.82) is 0 Å². The van der Waals surface area contributed by atoms with Gasteiger partial charge in [0.2, 0.25) is 5.91 Å². The maximum atomic E-state index is 14.2. The zero-order valence-electron chi connectivity index (χ0n) is 34.0. The van der Waals surface area contributed by atoms with Crippen LogP contribution in [0.3, 0.4) is 0 Å². The monoisotopic (exact) mass is 884 g/mol. The number of aliphatic carboxylic acids is 1. The van der Waals surface area contributed by atoms with Crippen molar-refractivity contribution in [3.05, 3.63) is 140 Å². The highest BCUT2D eigenvalue weighted by atomic mass is 35.5. The molecule has 11 nitrogen and oxygen atoms in total. The van der Waals surface area contributed by atoms with Gasteiger partial charge in [-0.3, -0.25) is 9.78 Å². The number of aromatic nitrogens is 1. The average Bonchev–Trinajstić information content (AvgIpc) is 3.26. The number of ether oxygens (including phenoxy) is 3. The Morgan fingerprint density at radius 3 is 2.34 bits per heavy atom. The van der Waals surface area contributed by atoms with E-state index in [4.69, 9.17) is 37.4 Å². The van der Waals surface area contributed by atoms with Gasteiger partial charge in [-0.05, 0) is 101 Å². The number of pyridine rings is 1. The number of halogens is 4. The van der Waals surface area contributed by atoms with Gasteiger partial charge in [0.1, 0.15) is 31.0 Å². The van der Waals surface area contributed by atoms with Crippen LogP contribution in [-0.2, 0) is 35.6 Å². The molecule has 0 unspecified atom stereocenters. The molecule has 3 atom stereocenters. The average molecular weight is 886 g/mol. The molecule has 5 aromatic rings. The number of benzene rings is 4. The molecule has 4 heterocycles. The van der Waals surface area contributed by atoms with Crippen LogP contribution < -0.4 is 19.5 Å². The van der Waals surface area contributed by atoms with Gasteiger partial charge in [-0.25, -0.2) is 18.4 Å². The number of nitrogens with zero attached hydrogens (tertiary/aromatic N) is 3. The number of piperidine rings is 1. The SMILES string of the molecule is Cc1nccc(-c2ccc(C[C@H](NC(=O)[C@@H]3Cc4cc5c(cc4CN3C(=O)N3CCC(F)(F)CC3)O[C@@H](c3ccc(OCc4ccc(Cl)c(Cl)c4)cc3)CO5)C(=O)O)cc2)c1C. The van der Waals surface area contributed by atoms with Crippen molar-refractivity contribution in [2.24, 2.45) is 0 Å². The van der Waals surface area contributed by atoms with Crippen LogP contribution in [0.5, 0.6) is 17.2 Å². The molecule has 62 heavy (non-hydrogen) atoms. The summed E-state index contributed by atoms with van der Waals surface area (Å²) in [4.78, 5) is 47.9. The number of amides is 3. The Hall–Kier alpha value is -5.92. The smallest absolute Gasteiger partial charge is 0.326 e. The number of carboxylic acids is 1. The third kappa shape index (κ3) is 9.44. The van der Waals surface area contributed by atoms with Crippen LogP contribution in [0.1, 0.15) is 58.0 Å². The fraction of sp³-hybridized carbons (Fsp3) is 0.319. The summed E-state index contributed by atoms with van der Waals surface area (Å²) in [5.74, 6) is -3.26. The molecule has 2 N–H and O–H groups in total. The number of hydrogen-bond donors (Lipinski definition) is 2. The molecule has 1 saturated heterocycles. The van der Waals surface area contributed by atoms with E-state index in [9.17, 15) is 28.3 Å². The summed E-state index contributed by atoms with van der Waals surface area (Å²) in [5, 5.41) is 13.9. The summed E-state index contributed by atoms with van der Waals surface area (Å²) in [6.45, 7) is 4.02. The van der Waals surface area contributed by atoms with Crippen LogP contribution in [0, 0.1) is 13.8 Å². The molecule has 8 rings (SSSR count). The summed E-state index contributed by atoms with van der Waals surface area (Å²) in [6, 6.07) is 22.7. The molecular formula is C47H44Cl2F2N4O7. The molecule has 1 aromatic heterocycles. The number of hydrogen-bond acceptors (Lipinski definition) is 7. The second kappa shape index (κ2) is 17.8. The second-order valence-corrected chi connectivity index (χ2v) is 16.7. The highest BCUT2D eigenvalue weighted by molar-refractivity contribution is 6.42. The number of nitrogens with one attached hydrogen (secondary N) is 1. The van der Waals surface area contributed by atoms with Crippen LogP contribution in [0.15, 0.2) is 91.1 Å². The van der Waals surface area contributed by atoms with Crippen molar-refractivity contribution >= 4 is 41.1 Å². The van der Waals surface area contributed by atoms with Crippen LogP contribution in [0.4, 0.5) is 13.6 Å². The number of carbonyl (C=O) groups excluding carboxylic acids is 2. The Bertz CT molecular complexity index is 2500. The Balaban J connectivity index is 0.982. The first-order valence-corrected chi connectivity index (χ1v) is 21.1. The summed E-state index contributed by atoms with van der Waals surface area (Å²) >= 11 is 12.2. The fourth-order valence-corrected chi connectivity index (χ4v) is 8.33. The third-order valence-electron chi connectivity index (χ3n) is 11.8. The van der Waals surface area contributed by atoms with Crippen molar-refractivity contribution in [1.82, 2.24) is 20.1 Å². The second-order valence-electron chi connectivity index (χ2n) is 15.9. The molecule has 0 bridgehead atoms. The molecule has 3 aliphatic heterocycles. The number of rotatable bonds is 10. The normalized spacial score (nSPS) is 18.4. The minimum Gasteiger partial charge on any atom is -0.489 e. The summed E-state index contributed by atoms with van der Waals surface area (Å²) in [5.41, 5.74) is 7.71. The first kappa shape index (κ1) is 42.8. The Morgan fingerprint density at radius 1 is 0.919 bits per heavy atom. The molecule has 0 aliphatic carbocycles. The first-order chi connectivity index (χ1) is 29.7. The number of carbonyl (C=O) groups is 3. The number of likely N-dealkylation sites (tertiary alicyclic amines) is 1. The summed E-state index contributed by atoms with van der Waals surface area (Å²) in [6.07, 6.45) is 0.309. The number of fused-ring (bicyclic) bond motifs is 2. The highest BCUT2D eigenvalue weighted by Crippen LogP contribution is 2.41. The lowest BCUT2D eigenvalue weighted by Gasteiger charge is -2.41. The highest BCUT2D eigenvalue weighted by Gasteiger charge is 2.42. The predicted octanol–water partition coefficient (Wildman–Crippen LogP) is 9.15. The Kier molecular flexibility index (Phi) is 12.3. The zero-order valence-corrected chi connectivity index (χ0v) is 35.5. The quantitative estimate of drug-likeness (QED) is 0.142. The minimum absolute atomic E-state index is 0.0114. The molecule has 4 aromatic carbocycles. The van der Waals surface area contributed by atoms with Crippen molar-refractivity contribution in [3.63, 3.8) is 0 Å². The molecule has 0 radical (unpaired) electrons. The van der Waals surface area contributed by atoms with Crippen LogP contribution in [0.25, 0.3) is 11.1 Å². The lowest BCUT2D eigenvalue weighted by atomic mass is 9.92. The van der Waals surface area contributed by atoms with E-state index < -0.39 is 54.9 Å². The van der Waals surface area contributed by atoms with Crippen molar-refractivity contribution in [3.8, 4) is 28.4 Å². The number of urea groups is 1. The summed E-state index contributed by atoms with van der Waals surface area (Å²) in [7, 11) is 0. The molecule has 15 heteroatoms. The largest absolute Gasteiger partial charge is 0.489 e. The Labute approximate surface area is 367 Å². The van der Waals surface area contributed by atoms with Gasteiger partial charge in [0, 0.05) is 57.2 Å². The van der Waals surface area contributed by atoms with Gasteiger partial charge in [0.25, 0.3) is 5.92 Å². The lowest BCUT2D eigenvalue weighted by molar-refractivity contribution is -0.142. The van der Waals surface area contributed by atoms with Crippen molar-refractivity contribution < 1.29 is 42.5 Å². The van der Waals surface area contributed by atoms with Crippen LogP contribution in [-0.4, -0.2) is 75.5 Å². The topological polar surface area (TPSA) is 131 Å². The number of carboxylic acid groups (broad SMARTS) is 1. The van der Waals surface area contributed by atoms with Crippen LogP contribution >= 0.6 is 23.2 Å². The van der Waals surface area contributed by atoms with E-state index in [1.165, 1.54) is 9.80 Å². The van der Waals surface area contributed by atoms with Crippen molar-refractivity contribution in [2.75, 3.05) is 19.7 Å². The van der Waals surface area contributed by atoms with Gasteiger partial charge in [-0.15, -0.1) is 0 Å². The van der Waals surface area contributed by atoms with Crippen molar-refractivity contribution in [2.45, 2.75) is 76.8 Å².